The van der Waals surface area contributed by atoms with Gasteiger partial charge in [-0.15, -0.1) is 0 Å². The van der Waals surface area contributed by atoms with E-state index in [0.717, 1.165) is 22.6 Å². The summed E-state index contributed by atoms with van der Waals surface area (Å²) >= 11 is 0. The summed E-state index contributed by atoms with van der Waals surface area (Å²) in [4.78, 5) is 0. The fraction of sp³-hybridized carbons (Fsp3) is 0.167. The molecule has 3 N–H and O–H groups in total. The third kappa shape index (κ3) is 2.73. The predicted molar refractivity (Wildman–Crippen MR) is 87.3 cm³/mol. The highest BCUT2D eigenvalue weighted by atomic mass is 16.3. The smallest absolute Gasteiger partial charge is 0.115 e. The number of hydrogen-bond acceptors (Lipinski definition) is 3. The fourth-order valence-corrected chi connectivity index (χ4v) is 2.68. The molecular weight excluding hydrogens is 274 g/mol. The van der Waals surface area contributed by atoms with Gasteiger partial charge in [-0.3, -0.25) is 0 Å². The quantitative estimate of drug-likeness (QED) is 0.777. The van der Waals surface area contributed by atoms with Gasteiger partial charge in [-0.2, -0.15) is 5.10 Å². The lowest BCUT2D eigenvalue weighted by molar-refractivity contribution is 0.475. The van der Waals surface area contributed by atoms with Gasteiger partial charge in [0.2, 0.25) is 0 Å². The van der Waals surface area contributed by atoms with Gasteiger partial charge in [-0.25, -0.2) is 4.68 Å². The van der Waals surface area contributed by atoms with E-state index >= 15 is 0 Å². The Balaban J connectivity index is 2.08. The molecule has 0 radical (unpaired) electrons. The molecule has 0 aliphatic heterocycles. The van der Waals surface area contributed by atoms with Crippen molar-refractivity contribution in [1.82, 2.24) is 9.78 Å². The molecule has 0 aliphatic carbocycles. The maximum atomic E-state index is 9.47. The fourth-order valence-electron chi connectivity index (χ4n) is 2.68. The number of para-hydroxylation sites is 1. The third-order valence-electron chi connectivity index (χ3n) is 3.75. The minimum absolute atomic E-state index is 0.0296. The van der Waals surface area contributed by atoms with E-state index < -0.39 is 0 Å². The van der Waals surface area contributed by atoms with Crippen molar-refractivity contribution < 1.29 is 5.11 Å². The summed E-state index contributed by atoms with van der Waals surface area (Å²) in [6.07, 6.45) is 0. The topological polar surface area (TPSA) is 64.1 Å². The molecule has 22 heavy (non-hydrogen) atoms. The van der Waals surface area contributed by atoms with Gasteiger partial charge >= 0.3 is 0 Å². The second-order valence-electron chi connectivity index (χ2n) is 5.34. The molecule has 1 heterocycles. The van der Waals surface area contributed by atoms with Crippen molar-refractivity contribution >= 4 is 0 Å². The zero-order chi connectivity index (χ0) is 15.5. The lowest BCUT2D eigenvalue weighted by Crippen LogP contribution is -2.17. The predicted octanol–water partition coefficient (Wildman–Crippen LogP) is 2.98. The number of phenols is 1. The summed E-state index contributed by atoms with van der Waals surface area (Å²) in [6.45, 7) is 2.45. The van der Waals surface area contributed by atoms with Gasteiger partial charge in [0.05, 0.1) is 17.1 Å². The first-order chi connectivity index (χ1) is 10.7. The number of nitrogens with two attached hydrogens (primary N) is 1. The van der Waals surface area contributed by atoms with Crippen molar-refractivity contribution in [3.63, 3.8) is 0 Å². The van der Waals surface area contributed by atoms with Crippen LogP contribution in [0.25, 0.3) is 5.69 Å². The lowest BCUT2D eigenvalue weighted by atomic mass is 9.95. The summed E-state index contributed by atoms with van der Waals surface area (Å²) in [7, 11) is 0. The summed E-state index contributed by atoms with van der Waals surface area (Å²) in [5, 5.41) is 14.1. The van der Waals surface area contributed by atoms with Gasteiger partial charge in [-0.05, 0) is 42.8 Å². The van der Waals surface area contributed by atoms with Gasteiger partial charge in [-0.1, -0.05) is 30.3 Å². The van der Waals surface area contributed by atoms with E-state index in [1.807, 2.05) is 54.1 Å². The molecule has 4 heteroatoms. The van der Waals surface area contributed by atoms with E-state index in [0.29, 0.717) is 6.54 Å². The molecule has 0 saturated heterocycles. The molecule has 1 unspecified atom stereocenters. The Labute approximate surface area is 129 Å². The summed E-state index contributed by atoms with van der Waals surface area (Å²) in [5.41, 5.74) is 10.1. The van der Waals surface area contributed by atoms with Crippen molar-refractivity contribution in [3.8, 4) is 11.4 Å². The van der Waals surface area contributed by atoms with Crippen LogP contribution in [0.1, 0.15) is 22.9 Å². The average molecular weight is 293 g/mol. The minimum atomic E-state index is 0.0296. The second-order valence-corrected chi connectivity index (χ2v) is 5.34. The standard InChI is InChI=1S/C18H19N3O/c1-13-11-18(21(20-13)15-5-3-2-4-6-15)17(12-19)14-7-9-16(22)10-8-14/h2-11,17,22H,12,19H2,1H3. The molecule has 4 nitrogen and oxygen atoms in total. The van der Waals surface area contributed by atoms with Crippen LogP contribution in [0.4, 0.5) is 0 Å². The molecule has 2 aromatic carbocycles. The molecule has 0 saturated carbocycles. The van der Waals surface area contributed by atoms with Crippen LogP contribution < -0.4 is 5.73 Å². The minimum Gasteiger partial charge on any atom is -0.508 e. The molecule has 3 aromatic rings. The molecule has 0 amide bonds. The van der Waals surface area contributed by atoms with E-state index in [9.17, 15) is 5.11 Å². The van der Waals surface area contributed by atoms with Crippen LogP contribution in [-0.4, -0.2) is 21.4 Å². The molecular formula is C18H19N3O. The van der Waals surface area contributed by atoms with E-state index in [2.05, 4.69) is 11.2 Å². The zero-order valence-electron chi connectivity index (χ0n) is 12.5. The molecule has 3 rings (SSSR count). The summed E-state index contributed by atoms with van der Waals surface area (Å²) < 4.78 is 1.94. The van der Waals surface area contributed by atoms with E-state index in [4.69, 9.17) is 5.73 Å². The third-order valence-corrected chi connectivity index (χ3v) is 3.75. The van der Waals surface area contributed by atoms with Gasteiger partial charge in [0.25, 0.3) is 0 Å². The molecule has 0 spiro atoms. The maximum absolute atomic E-state index is 9.47. The Hall–Kier alpha value is -2.59. The number of aromatic hydroxyl groups is 1. The van der Waals surface area contributed by atoms with Crippen LogP contribution in [0.5, 0.6) is 5.75 Å². The first kappa shape index (κ1) is 14.4. The molecule has 0 bridgehead atoms. The van der Waals surface area contributed by atoms with Crippen LogP contribution in [0.3, 0.4) is 0 Å². The van der Waals surface area contributed by atoms with Gasteiger partial charge in [0, 0.05) is 12.5 Å². The zero-order valence-corrected chi connectivity index (χ0v) is 12.5. The van der Waals surface area contributed by atoms with Crippen molar-refractivity contribution in [3.05, 3.63) is 77.6 Å². The Morgan fingerprint density at radius 3 is 2.41 bits per heavy atom. The second kappa shape index (κ2) is 6.03. The van der Waals surface area contributed by atoms with Crippen LogP contribution >= 0.6 is 0 Å². The first-order valence-electron chi connectivity index (χ1n) is 7.30. The van der Waals surface area contributed by atoms with Crippen molar-refractivity contribution in [1.29, 1.82) is 0 Å². The number of rotatable bonds is 4. The highest BCUT2D eigenvalue weighted by Gasteiger charge is 2.19. The first-order valence-corrected chi connectivity index (χ1v) is 7.30. The van der Waals surface area contributed by atoms with Gasteiger partial charge in [0.1, 0.15) is 5.75 Å². The highest BCUT2D eigenvalue weighted by Crippen LogP contribution is 2.27. The number of nitrogens with zero attached hydrogens (tertiary/aromatic N) is 2. The van der Waals surface area contributed by atoms with E-state index in [1.54, 1.807) is 12.1 Å². The molecule has 0 aliphatic rings. The van der Waals surface area contributed by atoms with Crippen LogP contribution in [-0.2, 0) is 0 Å². The SMILES string of the molecule is Cc1cc(C(CN)c2ccc(O)cc2)n(-c2ccccc2)n1. The molecule has 1 aromatic heterocycles. The van der Waals surface area contributed by atoms with E-state index in [1.165, 1.54) is 0 Å². The largest absolute Gasteiger partial charge is 0.508 e. The molecule has 0 fully saturated rings. The normalized spacial score (nSPS) is 12.3. The lowest BCUT2D eigenvalue weighted by Gasteiger charge is -2.17. The van der Waals surface area contributed by atoms with Gasteiger partial charge in [0.15, 0.2) is 0 Å². The van der Waals surface area contributed by atoms with Crippen molar-refractivity contribution in [2.45, 2.75) is 12.8 Å². The number of benzene rings is 2. The monoisotopic (exact) mass is 293 g/mol. The number of hydrogen-bond donors (Lipinski definition) is 2. The number of aryl methyl sites for hydroxylation is 1. The molecule has 1 atom stereocenters. The Morgan fingerprint density at radius 2 is 1.77 bits per heavy atom. The Kier molecular flexibility index (Phi) is 3.94. The number of phenolic OH excluding ortho intramolecular Hbond substituents is 1. The van der Waals surface area contributed by atoms with Crippen LogP contribution in [0.15, 0.2) is 60.7 Å². The van der Waals surface area contributed by atoms with Gasteiger partial charge < -0.3 is 10.8 Å². The average Bonchev–Trinajstić information content (AvgIpc) is 2.92. The Bertz CT molecular complexity index is 748. The van der Waals surface area contributed by atoms with Crippen LogP contribution in [0, 0.1) is 6.92 Å². The van der Waals surface area contributed by atoms with Crippen LogP contribution in [0.2, 0.25) is 0 Å². The van der Waals surface area contributed by atoms with E-state index in [-0.39, 0.29) is 11.7 Å². The highest BCUT2D eigenvalue weighted by molar-refractivity contribution is 5.39. The maximum Gasteiger partial charge on any atom is 0.115 e. The summed E-state index contributed by atoms with van der Waals surface area (Å²) in [5.74, 6) is 0.286. The summed E-state index contributed by atoms with van der Waals surface area (Å²) in [6, 6.07) is 19.3. The van der Waals surface area contributed by atoms with Crippen molar-refractivity contribution in [2.24, 2.45) is 5.73 Å². The Morgan fingerprint density at radius 1 is 1.09 bits per heavy atom. The molecule has 112 valence electrons. The van der Waals surface area contributed by atoms with Crippen molar-refractivity contribution in [2.75, 3.05) is 6.54 Å². The number of aromatic nitrogens is 2.